The van der Waals surface area contributed by atoms with E-state index in [1.165, 1.54) is 19.3 Å². The van der Waals surface area contributed by atoms with Gasteiger partial charge in [0.25, 0.3) is 0 Å². The first-order valence-corrected chi connectivity index (χ1v) is 9.97. The summed E-state index contributed by atoms with van der Waals surface area (Å²) >= 11 is 0. The molecule has 0 aliphatic carbocycles. The highest BCUT2D eigenvalue weighted by Crippen LogP contribution is 2.26. The van der Waals surface area contributed by atoms with Crippen molar-refractivity contribution in [3.05, 3.63) is 0 Å². The zero-order chi connectivity index (χ0) is 15.5. The molecule has 0 bridgehead atoms. The molecule has 0 rings (SSSR count). The van der Waals surface area contributed by atoms with E-state index in [9.17, 15) is 13.2 Å². The quantitative estimate of drug-likeness (QED) is 0.353. The molecule has 0 radical (unpaired) electrons. The molecule has 0 N–H and O–H groups in total. The molecule has 0 saturated heterocycles. The molecule has 6 heteroatoms. The zero-order valence-electron chi connectivity index (χ0n) is 13.0. The van der Waals surface area contributed by atoms with Gasteiger partial charge in [-0.25, -0.2) is 0 Å². The van der Waals surface area contributed by atoms with Crippen molar-refractivity contribution >= 4 is 8.56 Å². The third-order valence-electron chi connectivity index (χ3n) is 3.36. The molecule has 0 aliphatic rings. The summed E-state index contributed by atoms with van der Waals surface area (Å²) in [4.78, 5) is 0. The van der Waals surface area contributed by atoms with Crippen molar-refractivity contribution in [2.45, 2.75) is 77.6 Å². The smallest absolute Gasteiger partial charge is 0.394 e. The van der Waals surface area contributed by atoms with Gasteiger partial charge >= 0.3 is 14.7 Å². The maximum Gasteiger partial charge on any atom is 0.410 e. The van der Waals surface area contributed by atoms with E-state index in [1.54, 1.807) is 0 Å². The minimum atomic E-state index is -4.27. The molecule has 0 aliphatic heterocycles. The molecule has 2 nitrogen and oxygen atoms in total. The van der Waals surface area contributed by atoms with Gasteiger partial charge in [0.2, 0.25) is 0 Å². The van der Waals surface area contributed by atoms with Gasteiger partial charge in [-0.05, 0) is 19.0 Å². The van der Waals surface area contributed by atoms with Crippen LogP contribution >= 0.6 is 0 Å². The Morgan fingerprint density at radius 2 is 1.45 bits per heavy atom. The highest BCUT2D eigenvalue weighted by atomic mass is 28.4. The van der Waals surface area contributed by atoms with Crippen LogP contribution in [-0.4, -0.2) is 28.0 Å². The van der Waals surface area contributed by atoms with Gasteiger partial charge in [0, 0.05) is 6.61 Å². The molecule has 122 valence electrons. The fourth-order valence-corrected chi connectivity index (χ4v) is 5.09. The highest BCUT2D eigenvalue weighted by molar-refractivity contribution is 6.67. The van der Waals surface area contributed by atoms with Crippen LogP contribution in [0.5, 0.6) is 0 Å². The Bertz CT molecular complexity index is 237. The predicted molar refractivity (Wildman–Crippen MR) is 78.1 cm³/mol. The summed E-state index contributed by atoms with van der Waals surface area (Å²) < 4.78 is 47.8. The number of hydrogen-bond acceptors (Lipinski definition) is 2. The Labute approximate surface area is 122 Å². The molecule has 20 heavy (non-hydrogen) atoms. The van der Waals surface area contributed by atoms with Crippen molar-refractivity contribution in [1.29, 1.82) is 0 Å². The van der Waals surface area contributed by atoms with Crippen LogP contribution in [0.2, 0.25) is 12.1 Å². The topological polar surface area (TPSA) is 18.5 Å². The van der Waals surface area contributed by atoms with Gasteiger partial charge < -0.3 is 8.85 Å². The largest absolute Gasteiger partial charge is 0.410 e. The first kappa shape index (κ1) is 19.9. The third kappa shape index (κ3) is 9.77. The molecule has 0 aromatic heterocycles. The van der Waals surface area contributed by atoms with Crippen LogP contribution in [-0.2, 0) is 8.85 Å². The standard InChI is InChI=1S/C14H29F3O2Si/c1-4-7-8-9-10-11-12-20(6-3,18-5-2)19-13-14(15,16)17/h4-13H2,1-3H3. The van der Waals surface area contributed by atoms with Crippen molar-refractivity contribution in [2.24, 2.45) is 0 Å². The summed E-state index contributed by atoms with van der Waals surface area (Å²) in [7, 11) is -2.67. The first-order chi connectivity index (χ1) is 9.39. The lowest BCUT2D eigenvalue weighted by molar-refractivity contribution is -0.159. The maximum atomic E-state index is 12.3. The third-order valence-corrected chi connectivity index (χ3v) is 7.03. The molecule has 1 unspecified atom stereocenters. The summed E-state index contributed by atoms with van der Waals surface area (Å²) in [5, 5.41) is 0. The summed E-state index contributed by atoms with van der Waals surface area (Å²) in [6, 6.07) is 1.24. The zero-order valence-corrected chi connectivity index (χ0v) is 14.0. The second kappa shape index (κ2) is 10.6. The van der Waals surface area contributed by atoms with Crippen molar-refractivity contribution < 1.29 is 22.0 Å². The molecule has 0 spiro atoms. The lowest BCUT2D eigenvalue weighted by Crippen LogP contribution is -2.44. The summed E-state index contributed by atoms with van der Waals surface area (Å²) in [5.41, 5.74) is 0. The molecule has 0 amide bonds. The molecule has 0 heterocycles. The van der Waals surface area contributed by atoms with Crippen LogP contribution < -0.4 is 0 Å². The van der Waals surface area contributed by atoms with Crippen LogP contribution in [0.4, 0.5) is 13.2 Å². The van der Waals surface area contributed by atoms with Crippen LogP contribution in [0.1, 0.15) is 59.3 Å². The molecule has 0 aromatic rings. The number of unbranched alkanes of at least 4 members (excludes halogenated alkanes) is 5. The summed E-state index contributed by atoms with van der Waals surface area (Å²) in [5.74, 6) is 0. The average molecular weight is 314 g/mol. The molecule has 1 atom stereocenters. The second-order valence-electron chi connectivity index (χ2n) is 5.12. The fourth-order valence-electron chi connectivity index (χ4n) is 2.22. The Balaban J connectivity index is 4.17. The van der Waals surface area contributed by atoms with Crippen molar-refractivity contribution in [1.82, 2.24) is 0 Å². The Morgan fingerprint density at radius 3 is 1.95 bits per heavy atom. The van der Waals surface area contributed by atoms with E-state index in [2.05, 4.69) is 6.92 Å². The fraction of sp³-hybridized carbons (Fsp3) is 1.00. The van der Waals surface area contributed by atoms with E-state index >= 15 is 0 Å². The Morgan fingerprint density at radius 1 is 0.850 bits per heavy atom. The van der Waals surface area contributed by atoms with Crippen molar-refractivity contribution in [3.63, 3.8) is 0 Å². The van der Waals surface area contributed by atoms with Crippen LogP contribution in [0.25, 0.3) is 0 Å². The first-order valence-electron chi connectivity index (χ1n) is 7.73. The van der Waals surface area contributed by atoms with Gasteiger partial charge in [-0.2, -0.15) is 13.2 Å². The number of rotatable bonds is 12. The Kier molecular flexibility index (Phi) is 10.6. The normalized spacial score (nSPS) is 15.3. The molecule has 0 saturated carbocycles. The van der Waals surface area contributed by atoms with E-state index in [0.717, 1.165) is 19.3 Å². The summed E-state index contributed by atoms with van der Waals surface area (Å²) in [6.07, 6.45) is 2.46. The second-order valence-corrected chi connectivity index (χ2v) is 8.72. The number of hydrogen-bond donors (Lipinski definition) is 0. The summed E-state index contributed by atoms with van der Waals surface area (Å²) in [6.45, 7) is 5.09. The van der Waals surface area contributed by atoms with E-state index in [4.69, 9.17) is 8.85 Å². The molecule has 0 aromatic carbocycles. The van der Waals surface area contributed by atoms with Gasteiger partial charge in [-0.15, -0.1) is 0 Å². The van der Waals surface area contributed by atoms with E-state index in [-0.39, 0.29) is 0 Å². The lowest BCUT2D eigenvalue weighted by Gasteiger charge is -2.30. The van der Waals surface area contributed by atoms with Gasteiger partial charge in [-0.1, -0.05) is 52.4 Å². The number of halogens is 3. The monoisotopic (exact) mass is 314 g/mol. The van der Waals surface area contributed by atoms with Crippen LogP contribution in [0, 0.1) is 0 Å². The average Bonchev–Trinajstić information content (AvgIpc) is 2.39. The minimum Gasteiger partial charge on any atom is -0.394 e. The van der Waals surface area contributed by atoms with Gasteiger partial charge in [0.05, 0.1) is 0 Å². The maximum absolute atomic E-state index is 12.3. The minimum absolute atomic E-state index is 0.424. The van der Waals surface area contributed by atoms with Crippen LogP contribution in [0.15, 0.2) is 0 Å². The van der Waals surface area contributed by atoms with E-state index in [1.807, 2.05) is 13.8 Å². The van der Waals surface area contributed by atoms with Gasteiger partial charge in [-0.3, -0.25) is 0 Å². The lowest BCUT2D eigenvalue weighted by atomic mass is 10.1. The SMILES string of the molecule is CCCCCCCC[Si](CC)(OCC)OCC(F)(F)F. The van der Waals surface area contributed by atoms with E-state index < -0.39 is 21.3 Å². The van der Waals surface area contributed by atoms with Gasteiger partial charge in [0.1, 0.15) is 6.61 Å². The molecular weight excluding hydrogens is 285 g/mol. The number of alkyl halides is 3. The Hall–Kier alpha value is -0.0731. The molecular formula is C14H29F3O2Si. The van der Waals surface area contributed by atoms with Crippen molar-refractivity contribution in [3.8, 4) is 0 Å². The molecule has 0 fully saturated rings. The van der Waals surface area contributed by atoms with E-state index in [0.29, 0.717) is 18.7 Å². The van der Waals surface area contributed by atoms with Crippen LogP contribution in [0.3, 0.4) is 0 Å². The van der Waals surface area contributed by atoms with Crippen molar-refractivity contribution in [2.75, 3.05) is 13.2 Å². The predicted octanol–water partition coefficient (Wildman–Crippen LogP) is 5.42. The highest BCUT2D eigenvalue weighted by Gasteiger charge is 2.39. The van der Waals surface area contributed by atoms with Gasteiger partial charge in [0.15, 0.2) is 0 Å².